The Morgan fingerprint density at radius 1 is 1.21 bits per heavy atom. The number of rotatable bonds is 7. The normalized spacial score (nSPS) is 10.8. The molecule has 7 heteroatoms. The van der Waals surface area contributed by atoms with Gasteiger partial charge in [0.15, 0.2) is 11.5 Å². The molecule has 1 N–H and O–H groups in total. The maximum absolute atomic E-state index is 10.6. The van der Waals surface area contributed by atoms with Gasteiger partial charge >= 0.3 is 0 Å². The third-order valence-electron chi connectivity index (χ3n) is 3.06. The van der Waals surface area contributed by atoms with E-state index >= 15 is 0 Å². The molecule has 0 atom stereocenters. The van der Waals surface area contributed by atoms with Gasteiger partial charge in [-0.05, 0) is 38.1 Å². The van der Waals surface area contributed by atoms with Gasteiger partial charge in [-0.25, -0.2) is 0 Å². The second-order valence-corrected chi connectivity index (χ2v) is 5.22. The number of nitrogens with one attached hydrogen (secondary N) is 1. The van der Waals surface area contributed by atoms with Gasteiger partial charge < -0.3 is 9.47 Å². The van der Waals surface area contributed by atoms with Gasteiger partial charge in [0.25, 0.3) is 5.69 Å². The van der Waals surface area contributed by atoms with E-state index in [0.29, 0.717) is 17.2 Å². The summed E-state index contributed by atoms with van der Waals surface area (Å²) in [6.45, 7) is 3.87. The highest BCUT2D eigenvalue weighted by molar-refractivity contribution is 5.85. The number of nitro benzene ring substituents is 1. The molecule has 2 aromatic rings. The minimum atomic E-state index is -0.446. The standard InChI is InChI=1S/C17H19N3O4/c1-12(2)24-17-13(5-4-6-16(17)23-3)11-18-19-14-7-9-15(10-8-14)20(21)22/h4-12,19H,1-3H3/b18-11+. The monoisotopic (exact) mass is 329 g/mol. The fourth-order valence-electron chi connectivity index (χ4n) is 1.99. The molecular formula is C17H19N3O4. The first kappa shape index (κ1) is 17.3. The summed E-state index contributed by atoms with van der Waals surface area (Å²) in [5.74, 6) is 1.24. The number of hydrazone groups is 1. The van der Waals surface area contributed by atoms with Crippen LogP contribution in [0.25, 0.3) is 0 Å². The van der Waals surface area contributed by atoms with Crippen molar-refractivity contribution in [2.75, 3.05) is 12.5 Å². The van der Waals surface area contributed by atoms with E-state index in [2.05, 4.69) is 10.5 Å². The number of non-ortho nitro benzene ring substituents is 1. The van der Waals surface area contributed by atoms with E-state index in [1.165, 1.54) is 12.1 Å². The van der Waals surface area contributed by atoms with Crippen molar-refractivity contribution in [1.82, 2.24) is 0 Å². The summed E-state index contributed by atoms with van der Waals surface area (Å²) in [6, 6.07) is 11.5. The molecule has 0 spiro atoms. The van der Waals surface area contributed by atoms with E-state index in [0.717, 1.165) is 5.56 Å². The Balaban J connectivity index is 2.15. The molecule has 0 unspecified atom stereocenters. The Morgan fingerprint density at radius 2 is 1.92 bits per heavy atom. The molecule has 2 aromatic carbocycles. The SMILES string of the molecule is COc1cccc(/C=N/Nc2ccc([N+](=O)[O-])cc2)c1OC(C)C. The molecule has 0 aromatic heterocycles. The fraction of sp³-hybridized carbons (Fsp3) is 0.235. The maximum atomic E-state index is 10.6. The lowest BCUT2D eigenvalue weighted by Gasteiger charge is -2.15. The zero-order valence-electron chi connectivity index (χ0n) is 13.7. The third-order valence-corrected chi connectivity index (χ3v) is 3.06. The Kier molecular flexibility index (Phi) is 5.73. The second-order valence-electron chi connectivity index (χ2n) is 5.22. The van der Waals surface area contributed by atoms with Gasteiger partial charge in [0.2, 0.25) is 0 Å². The van der Waals surface area contributed by atoms with Crippen LogP contribution in [-0.2, 0) is 0 Å². The van der Waals surface area contributed by atoms with Crippen LogP contribution in [0, 0.1) is 10.1 Å². The van der Waals surface area contributed by atoms with Crippen LogP contribution >= 0.6 is 0 Å². The van der Waals surface area contributed by atoms with Crippen LogP contribution < -0.4 is 14.9 Å². The zero-order chi connectivity index (χ0) is 17.5. The van der Waals surface area contributed by atoms with Crippen LogP contribution in [0.3, 0.4) is 0 Å². The van der Waals surface area contributed by atoms with E-state index in [9.17, 15) is 10.1 Å². The van der Waals surface area contributed by atoms with E-state index in [1.54, 1.807) is 25.5 Å². The average molecular weight is 329 g/mol. The molecule has 126 valence electrons. The molecule has 0 amide bonds. The van der Waals surface area contributed by atoms with Crippen LogP contribution in [-0.4, -0.2) is 24.4 Å². The molecule has 0 aliphatic heterocycles. The molecule has 24 heavy (non-hydrogen) atoms. The Bertz CT molecular complexity index is 727. The fourth-order valence-corrected chi connectivity index (χ4v) is 1.99. The highest BCUT2D eigenvalue weighted by Gasteiger charge is 2.10. The van der Waals surface area contributed by atoms with Gasteiger partial charge in [-0.2, -0.15) is 5.10 Å². The number of methoxy groups -OCH3 is 1. The van der Waals surface area contributed by atoms with E-state index < -0.39 is 4.92 Å². The minimum Gasteiger partial charge on any atom is -0.493 e. The predicted octanol–water partition coefficient (Wildman–Crippen LogP) is 3.84. The van der Waals surface area contributed by atoms with Crippen molar-refractivity contribution in [1.29, 1.82) is 0 Å². The van der Waals surface area contributed by atoms with Crippen molar-refractivity contribution >= 4 is 17.6 Å². The third kappa shape index (κ3) is 4.45. The van der Waals surface area contributed by atoms with Crippen molar-refractivity contribution in [2.24, 2.45) is 5.10 Å². The summed E-state index contributed by atoms with van der Waals surface area (Å²) in [4.78, 5) is 10.2. The summed E-state index contributed by atoms with van der Waals surface area (Å²) in [6.07, 6.45) is 1.61. The molecule has 0 fully saturated rings. The van der Waals surface area contributed by atoms with Gasteiger partial charge in [0.05, 0.1) is 30.0 Å². The van der Waals surface area contributed by atoms with Crippen molar-refractivity contribution in [3.8, 4) is 11.5 Å². The quantitative estimate of drug-likeness (QED) is 0.474. The first-order chi connectivity index (χ1) is 11.5. The molecule has 0 heterocycles. The number of hydrogen-bond donors (Lipinski definition) is 1. The van der Waals surface area contributed by atoms with E-state index in [4.69, 9.17) is 9.47 Å². The molecule has 0 aliphatic rings. The number of para-hydroxylation sites is 1. The largest absolute Gasteiger partial charge is 0.493 e. The van der Waals surface area contributed by atoms with E-state index in [1.807, 2.05) is 32.0 Å². The van der Waals surface area contributed by atoms with Gasteiger partial charge in [0, 0.05) is 17.7 Å². The number of anilines is 1. The van der Waals surface area contributed by atoms with Gasteiger partial charge in [-0.15, -0.1) is 0 Å². The summed E-state index contributed by atoms with van der Waals surface area (Å²) < 4.78 is 11.1. The van der Waals surface area contributed by atoms with Crippen LogP contribution in [0.4, 0.5) is 11.4 Å². The van der Waals surface area contributed by atoms with Crippen molar-refractivity contribution in [2.45, 2.75) is 20.0 Å². The van der Waals surface area contributed by atoms with Crippen LogP contribution in [0.2, 0.25) is 0 Å². The molecule has 0 bridgehead atoms. The number of nitro groups is 1. The number of ether oxygens (including phenoxy) is 2. The first-order valence-electron chi connectivity index (χ1n) is 7.38. The second kappa shape index (κ2) is 7.96. The number of hydrogen-bond acceptors (Lipinski definition) is 6. The number of nitrogens with zero attached hydrogens (tertiary/aromatic N) is 2. The van der Waals surface area contributed by atoms with Crippen molar-refractivity contribution in [3.05, 3.63) is 58.1 Å². The summed E-state index contributed by atoms with van der Waals surface area (Å²) >= 11 is 0. The highest BCUT2D eigenvalue weighted by atomic mass is 16.6. The van der Waals surface area contributed by atoms with E-state index in [-0.39, 0.29) is 11.8 Å². The minimum absolute atomic E-state index is 0.00363. The number of benzene rings is 2. The molecule has 0 radical (unpaired) electrons. The lowest BCUT2D eigenvalue weighted by atomic mass is 10.2. The highest BCUT2D eigenvalue weighted by Crippen LogP contribution is 2.31. The summed E-state index contributed by atoms with van der Waals surface area (Å²) in [5, 5.41) is 14.8. The predicted molar refractivity (Wildman–Crippen MR) is 93.1 cm³/mol. The lowest BCUT2D eigenvalue weighted by molar-refractivity contribution is -0.384. The molecule has 7 nitrogen and oxygen atoms in total. The van der Waals surface area contributed by atoms with Gasteiger partial charge in [0.1, 0.15) is 0 Å². The maximum Gasteiger partial charge on any atom is 0.269 e. The topological polar surface area (TPSA) is 86.0 Å². The Labute approximate surface area is 140 Å². The molecule has 0 saturated heterocycles. The van der Waals surface area contributed by atoms with Crippen molar-refractivity contribution < 1.29 is 14.4 Å². The molecule has 2 rings (SSSR count). The van der Waals surface area contributed by atoms with Gasteiger partial charge in [-0.3, -0.25) is 15.5 Å². The summed E-state index contributed by atoms with van der Waals surface area (Å²) in [5.41, 5.74) is 4.27. The van der Waals surface area contributed by atoms with Crippen LogP contribution in [0.1, 0.15) is 19.4 Å². The van der Waals surface area contributed by atoms with Crippen LogP contribution in [0.15, 0.2) is 47.6 Å². The lowest BCUT2D eigenvalue weighted by Crippen LogP contribution is -2.09. The average Bonchev–Trinajstić information content (AvgIpc) is 2.56. The first-order valence-corrected chi connectivity index (χ1v) is 7.38. The van der Waals surface area contributed by atoms with Gasteiger partial charge in [-0.1, -0.05) is 6.07 Å². The Morgan fingerprint density at radius 3 is 2.50 bits per heavy atom. The van der Waals surface area contributed by atoms with Crippen molar-refractivity contribution in [3.63, 3.8) is 0 Å². The summed E-state index contributed by atoms with van der Waals surface area (Å²) in [7, 11) is 1.58. The Hall–Kier alpha value is -3.09. The molecular weight excluding hydrogens is 310 g/mol. The van der Waals surface area contributed by atoms with Crippen LogP contribution in [0.5, 0.6) is 11.5 Å². The zero-order valence-corrected chi connectivity index (χ0v) is 13.7. The molecule has 0 aliphatic carbocycles. The molecule has 0 saturated carbocycles. The smallest absolute Gasteiger partial charge is 0.269 e.